The minimum atomic E-state index is -3.79. The molecule has 0 radical (unpaired) electrons. The van der Waals surface area contributed by atoms with E-state index in [9.17, 15) is 18.0 Å². The smallest absolute Gasteiger partial charge is 0.340 e. The van der Waals surface area contributed by atoms with Gasteiger partial charge in [0.1, 0.15) is 0 Å². The van der Waals surface area contributed by atoms with Gasteiger partial charge in [-0.3, -0.25) is 4.79 Å². The lowest BCUT2D eigenvalue weighted by molar-refractivity contribution is -0.116. The lowest BCUT2D eigenvalue weighted by Crippen LogP contribution is -2.51. The third-order valence-corrected chi connectivity index (χ3v) is 7.02. The third kappa shape index (κ3) is 5.49. The predicted molar refractivity (Wildman–Crippen MR) is 118 cm³/mol. The number of ether oxygens (including phenoxy) is 1. The van der Waals surface area contributed by atoms with Gasteiger partial charge < -0.3 is 10.1 Å². The maximum Gasteiger partial charge on any atom is 0.340 e. The first-order valence-electron chi connectivity index (χ1n) is 10.2. The van der Waals surface area contributed by atoms with E-state index in [0.717, 1.165) is 11.1 Å². The highest BCUT2D eigenvalue weighted by atomic mass is 32.2. The number of hydrogen-bond acceptors (Lipinski definition) is 5. The van der Waals surface area contributed by atoms with Crippen LogP contribution in [0.25, 0.3) is 0 Å². The van der Waals surface area contributed by atoms with Crippen molar-refractivity contribution >= 4 is 27.8 Å². The van der Waals surface area contributed by atoms with Crippen molar-refractivity contribution in [2.75, 3.05) is 31.6 Å². The topological polar surface area (TPSA) is 96.0 Å². The van der Waals surface area contributed by atoms with Gasteiger partial charge in [0, 0.05) is 19.6 Å². The van der Waals surface area contributed by atoms with Crippen LogP contribution >= 0.6 is 0 Å². The normalized spacial score (nSPS) is 16.6. The van der Waals surface area contributed by atoms with Gasteiger partial charge in [0.25, 0.3) is 10.2 Å². The van der Waals surface area contributed by atoms with E-state index in [1.54, 1.807) is 31.2 Å². The fourth-order valence-electron chi connectivity index (χ4n) is 3.45. The van der Waals surface area contributed by atoms with Crippen LogP contribution in [0.3, 0.4) is 0 Å². The molecule has 0 aliphatic carbocycles. The lowest BCUT2D eigenvalue weighted by Gasteiger charge is -2.34. The van der Waals surface area contributed by atoms with Crippen LogP contribution < -0.4 is 5.32 Å². The highest BCUT2D eigenvalue weighted by Crippen LogP contribution is 2.21. The lowest BCUT2D eigenvalue weighted by atomic mass is 10.1. The first kappa shape index (κ1) is 22.9. The monoisotopic (exact) mass is 445 g/mol. The van der Waals surface area contributed by atoms with E-state index in [4.69, 9.17) is 4.74 Å². The minimum absolute atomic E-state index is 0.212. The second kappa shape index (κ2) is 10.0. The molecule has 3 rings (SSSR count). The van der Waals surface area contributed by atoms with Crippen molar-refractivity contribution < 1.29 is 22.7 Å². The van der Waals surface area contributed by atoms with Crippen LogP contribution in [0.1, 0.15) is 34.8 Å². The summed E-state index contributed by atoms with van der Waals surface area (Å²) in [7, 11) is -3.79. The van der Waals surface area contributed by atoms with Gasteiger partial charge in [-0.1, -0.05) is 36.4 Å². The van der Waals surface area contributed by atoms with Crippen LogP contribution in [0, 0.1) is 6.92 Å². The molecular formula is C22H27N3O5S. The molecule has 0 atom stereocenters. The second-order valence-corrected chi connectivity index (χ2v) is 9.20. The first-order chi connectivity index (χ1) is 14.8. The number of nitrogens with one attached hydrogen (secondary N) is 1. The van der Waals surface area contributed by atoms with E-state index in [-0.39, 0.29) is 37.5 Å². The van der Waals surface area contributed by atoms with Crippen LogP contribution in [-0.4, -0.2) is 55.1 Å². The zero-order valence-corrected chi connectivity index (χ0v) is 18.5. The molecule has 1 aliphatic rings. The Labute approximate surface area is 183 Å². The Hall–Kier alpha value is -2.75. The van der Waals surface area contributed by atoms with Crippen molar-refractivity contribution in [3.63, 3.8) is 0 Å². The molecule has 2 aromatic carbocycles. The first-order valence-corrected chi connectivity index (χ1v) is 11.6. The van der Waals surface area contributed by atoms with Gasteiger partial charge in [0.05, 0.1) is 24.4 Å². The minimum Gasteiger partial charge on any atom is -0.462 e. The number of rotatable bonds is 7. The molecule has 0 spiro atoms. The van der Waals surface area contributed by atoms with Crippen molar-refractivity contribution in [1.29, 1.82) is 0 Å². The Balaban J connectivity index is 1.70. The van der Waals surface area contributed by atoms with Crippen LogP contribution in [-0.2, 0) is 26.3 Å². The molecule has 0 unspecified atom stereocenters. The summed E-state index contributed by atoms with van der Waals surface area (Å²) in [4.78, 5) is 24.7. The zero-order chi connectivity index (χ0) is 22.4. The van der Waals surface area contributed by atoms with Gasteiger partial charge >= 0.3 is 5.97 Å². The van der Waals surface area contributed by atoms with E-state index >= 15 is 0 Å². The van der Waals surface area contributed by atoms with Crippen LogP contribution in [0.4, 0.5) is 5.69 Å². The van der Waals surface area contributed by atoms with Crippen molar-refractivity contribution in [2.24, 2.45) is 0 Å². The average Bonchev–Trinajstić information content (AvgIpc) is 2.73. The molecular weight excluding hydrogens is 418 g/mol. The summed E-state index contributed by atoms with van der Waals surface area (Å²) in [6.07, 6.45) is 0.623. The molecule has 31 heavy (non-hydrogen) atoms. The van der Waals surface area contributed by atoms with Gasteiger partial charge in [-0.15, -0.1) is 0 Å². The van der Waals surface area contributed by atoms with E-state index in [1.165, 1.54) is 8.61 Å². The largest absolute Gasteiger partial charge is 0.462 e. The Morgan fingerprint density at radius 3 is 2.45 bits per heavy atom. The Morgan fingerprint density at radius 1 is 1.03 bits per heavy atom. The van der Waals surface area contributed by atoms with Crippen LogP contribution in [0.2, 0.25) is 0 Å². The third-order valence-electron chi connectivity index (χ3n) is 5.09. The molecule has 0 aromatic heterocycles. The summed E-state index contributed by atoms with van der Waals surface area (Å²) in [5.41, 5.74) is 2.46. The Morgan fingerprint density at radius 2 is 1.71 bits per heavy atom. The van der Waals surface area contributed by atoms with Crippen molar-refractivity contribution in [1.82, 2.24) is 8.61 Å². The molecule has 1 N–H and O–H groups in total. The van der Waals surface area contributed by atoms with Crippen LogP contribution in [0.5, 0.6) is 0 Å². The van der Waals surface area contributed by atoms with Gasteiger partial charge in [-0.2, -0.15) is 17.0 Å². The molecule has 1 fully saturated rings. The van der Waals surface area contributed by atoms with Gasteiger partial charge in [-0.05, 0) is 43.5 Å². The van der Waals surface area contributed by atoms with Crippen molar-refractivity contribution in [3.05, 3.63) is 65.2 Å². The van der Waals surface area contributed by atoms with E-state index in [0.29, 0.717) is 13.0 Å². The Bertz CT molecular complexity index is 1050. The Kier molecular flexibility index (Phi) is 7.42. The van der Waals surface area contributed by atoms with E-state index in [1.807, 2.05) is 31.2 Å². The number of anilines is 1. The SMILES string of the molecule is CCOC(=O)c1ccccc1NC(=O)CN1CCCN(Cc2ccccc2C)S1(=O)=O. The number of nitrogens with zero attached hydrogens (tertiary/aromatic N) is 2. The summed E-state index contributed by atoms with van der Waals surface area (Å²) in [5, 5.41) is 2.64. The maximum atomic E-state index is 13.1. The zero-order valence-electron chi connectivity index (χ0n) is 17.7. The number of esters is 1. The molecule has 9 heteroatoms. The number of hydrogen-bond donors (Lipinski definition) is 1. The number of amides is 1. The molecule has 8 nitrogen and oxygen atoms in total. The molecule has 0 bridgehead atoms. The fourth-order valence-corrected chi connectivity index (χ4v) is 5.07. The molecule has 2 aromatic rings. The van der Waals surface area contributed by atoms with E-state index < -0.39 is 22.1 Å². The number of benzene rings is 2. The van der Waals surface area contributed by atoms with Gasteiger partial charge in [-0.25, -0.2) is 4.79 Å². The number of carbonyl (C=O) groups excluding carboxylic acids is 2. The van der Waals surface area contributed by atoms with Crippen LogP contribution in [0.15, 0.2) is 48.5 Å². The summed E-state index contributed by atoms with van der Waals surface area (Å²) in [5.74, 6) is -1.06. The summed E-state index contributed by atoms with van der Waals surface area (Å²) in [6.45, 7) is 4.45. The number of aryl methyl sites for hydroxylation is 1. The molecule has 1 heterocycles. The fraction of sp³-hybridized carbons (Fsp3) is 0.364. The molecule has 166 valence electrons. The van der Waals surface area contributed by atoms with E-state index in [2.05, 4.69) is 5.32 Å². The molecule has 1 amide bonds. The van der Waals surface area contributed by atoms with Crippen molar-refractivity contribution in [3.8, 4) is 0 Å². The molecule has 1 aliphatic heterocycles. The highest BCUT2D eigenvalue weighted by molar-refractivity contribution is 7.86. The highest BCUT2D eigenvalue weighted by Gasteiger charge is 2.35. The summed E-state index contributed by atoms with van der Waals surface area (Å²) >= 11 is 0. The second-order valence-electron chi connectivity index (χ2n) is 7.27. The quantitative estimate of drug-likeness (QED) is 0.661. The van der Waals surface area contributed by atoms with Gasteiger partial charge in [0.2, 0.25) is 5.91 Å². The predicted octanol–water partition coefficient (Wildman–Crippen LogP) is 2.56. The molecule has 0 saturated carbocycles. The maximum absolute atomic E-state index is 13.1. The summed E-state index contributed by atoms with van der Waals surface area (Å²) in [6, 6.07) is 14.1. The summed E-state index contributed by atoms with van der Waals surface area (Å²) < 4.78 is 33.7. The van der Waals surface area contributed by atoms with Crippen molar-refractivity contribution in [2.45, 2.75) is 26.8 Å². The average molecular weight is 446 g/mol. The van der Waals surface area contributed by atoms with Gasteiger partial charge in [0.15, 0.2) is 0 Å². The number of para-hydroxylation sites is 1. The standard InChI is InChI=1S/C22H27N3O5S/c1-3-30-22(27)19-11-6-7-12-20(19)23-21(26)16-25-14-8-13-24(31(25,28)29)15-18-10-5-4-9-17(18)2/h4-7,9-12H,3,8,13-16H2,1-2H3,(H,23,26). The number of carbonyl (C=O) groups is 2. The molecule has 1 saturated heterocycles.